The van der Waals surface area contributed by atoms with Crippen molar-refractivity contribution in [3.63, 3.8) is 0 Å². The van der Waals surface area contributed by atoms with E-state index in [2.05, 4.69) is 5.32 Å². The van der Waals surface area contributed by atoms with E-state index in [9.17, 15) is 13.6 Å². The zero-order chi connectivity index (χ0) is 11.9. The minimum Gasteiger partial charge on any atom is -0.356 e. The summed E-state index contributed by atoms with van der Waals surface area (Å²) in [6, 6.07) is 0. The zero-order valence-electron chi connectivity index (χ0n) is 9.75. The highest BCUT2D eigenvalue weighted by molar-refractivity contribution is 5.80. The Bertz CT molecular complexity index is 282. The molecule has 1 amide bonds. The minimum absolute atomic E-state index is 0.0301. The van der Waals surface area contributed by atoms with Gasteiger partial charge in [0.05, 0.1) is 0 Å². The molecule has 2 rings (SSSR count). The second-order valence-electron chi connectivity index (χ2n) is 5.42. The lowest BCUT2D eigenvalue weighted by Gasteiger charge is -2.44. The van der Waals surface area contributed by atoms with Gasteiger partial charge in [0.2, 0.25) is 5.91 Å². The van der Waals surface area contributed by atoms with Crippen molar-refractivity contribution >= 4 is 5.91 Å². The number of carbonyl (C=O) groups is 1. The van der Waals surface area contributed by atoms with Gasteiger partial charge in [0, 0.05) is 24.8 Å². The molecule has 1 aliphatic carbocycles. The molecule has 0 bridgehead atoms. The van der Waals surface area contributed by atoms with Crippen molar-refractivity contribution < 1.29 is 13.6 Å². The van der Waals surface area contributed by atoms with E-state index >= 15 is 0 Å². The molecule has 92 valence electrons. The van der Waals surface area contributed by atoms with Crippen molar-refractivity contribution in [3.8, 4) is 0 Å². The summed E-state index contributed by atoms with van der Waals surface area (Å²) >= 11 is 0. The molecule has 1 aliphatic heterocycles. The molecule has 0 spiro atoms. The third kappa shape index (κ3) is 1.94. The molecule has 2 fully saturated rings. The summed E-state index contributed by atoms with van der Waals surface area (Å²) in [6.45, 7) is 4.61. The predicted octanol–water partition coefficient (Wildman–Crippen LogP) is 2.09. The van der Waals surface area contributed by atoms with Crippen molar-refractivity contribution in [1.29, 1.82) is 0 Å². The van der Waals surface area contributed by atoms with Crippen LogP contribution in [0.1, 0.15) is 26.7 Å². The molecule has 2 nitrogen and oxygen atoms in total. The molecule has 1 heterocycles. The van der Waals surface area contributed by atoms with Gasteiger partial charge in [0.25, 0.3) is 0 Å². The molecule has 5 atom stereocenters. The molecular formula is C12H19F2NO. The van der Waals surface area contributed by atoms with Crippen molar-refractivity contribution in [2.75, 3.05) is 6.54 Å². The number of amides is 1. The number of alkyl halides is 2. The Hall–Kier alpha value is -0.670. The molecule has 4 heteroatoms. The molecule has 1 saturated carbocycles. The highest BCUT2D eigenvalue weighted by Gasteiger charge is 2.48. The number of nitrogens with one attached hydrogen (secondary N) is 1. The summed E-state index contributed by atoms with van der Waals surface area (Å²) in [7, 11) is 0. The predicted molar refractivity (Wildman–Crippen MR) is 57.3 cm³/mol. The van der Waals surface area contributed by atoms with Gasteiger partial charge in [-0.05, 0) is 18.3 Å². The molecule has 0 radical (unpaired) electrons. The summed E-state index contributed by atoms with van der Waals surface area (Å²) in [4.78, 5) is 11.6. The topological polar surface area (TPSA) is 29.1 Å². The Morgan fingerprint density at radius 1 is 1.31 bits per heavy atom. The van der Waals surface area contributed by atoms with Gasteiger partial charge in [-0.3, -0.25) is 4.79 Å². The SMILES string of the molecule is CC(C)C1CNC(=O)C2CC(F)CC(F)C21. The van der Waals surface area contributed by atoms with E-state index in [1.54, 1.807) is 0 Å². The van der Waals surface area contributed by atoms with Crippen LogP contribution in [0.2, 0.25) is 0 Å². The van der Waals surface area contributed by atoms with Crippen LogP contribution in [0.4, 0.5) is 8.78 Å². The molecule has 2 aliphatic rings. The molecule has 1 saturated heterocycles. The summed E-state index contributed by atoms with van der Waals surface area (Å²) < 4.78 is 27.2. The van der Waals surface area contributed by atoms with Crippen LogP contribution < -0.4 is 5.32 Å². The molecule has 5 unspecified atom stereocenters. The first kappa shape index (κ1) is 11.8. The maximum Gasteiger partial charge on any atom is 0.223 e. The Morgan fingerprint density at radius 2 is 2.00 bits per heavy atom. The van der Waals surface area contributed by atoms with E-state index < -0.39 is 18.3 Å². The number of rotatable bonds is 1. The van der Waals surface area contributed by atoms with Gasteiger partial charge in [-0.1, -0.05) is 13.8 Å². The molecule has 16 heavy (non-hydrogen) atoms. The monoisotopic (exact) mass is 231 g/mol. The molecular weight excluding hydrogens is 212 g/mol. The number of hydrogen-bond donors (Lipinski definition) is 1. The van der Waals surface area contributed by atoms with Crippen LogP contribution in [0.25, 0.3) is 0 Å². The Labute approximate surface area is 94.8 Å². The Balaban J connectivity index is 2.21. The summed E-state index contributed by atoms with van der Waals surface area (Å²) in [5.41, 5.74) is 0. The van der Waals surface area contributed by atoms with Crippen LogP contribution in [0.3, 0.4) is 0 Å². The highest BCUT2D eigenvalue weighted by Crippen LogP contribution is 2.42. The molecule has 0 aromatic heterocycles. The van der Waals surface area contributed by atoms with E-state index in [0.717, 1.165) is 0 Å². The Kier molecular flexibility index (Phi) is 3.17. The van der Waals surface area contributed by atoms with Crippen LogP contribution >= 0.6 is 0 Å². The average Bonchev–Trinajstić information content (AvgIpc) is 2.19. The number of carbonyl (C=O) groups excluding carboxylic acids is 1. The van der Waals surface area contributed by atoms with E-state index in [4.69, 9.17) is 0 Å². The molecule has 0 aromatic carbocycles. The summed E-state index contributed by atoms with van der Waals surface area (Å²) in [5, 5.41) is 2.78. The second-order valence-corrected chi connectivity index (χ2v) is 5.42. The smallest absolute Gasteiger partial charge is 0.223 e. The summed E-state index contributed by atoms with van der Waals surface area (Å²) in [6.07, 6.45) is -2.15. The number of fused-ring (bicyclic) bond motifs is 1. The number of halogens is 2. The number of piperidine rings is 1. The third-order valence-corrected chi connectivity index (χ3v) is 4.07. The van der Waals surface area contributed by atoms with Crippen molar-refractivity contribution in [3.05, 3.63) is 0 Å². The first-order chi connectivity index (χ1) is 7.50. The van der Waals surface area contributed by atoms with Gasteiger partial charge < -0.3 is 5.32 Å². The maximum atomic E-state index is 13.9. The van der Waals surface area contributed by atoms with E-state index in [-0.39, 0.29) is 30.6 Å². The molecule has 0 aromatic rings. The second kappa shape index (κ2) is 4.30. The fourth-order valence-electron chi connectivity index (χ4n) is 3.20. The zero-order valence-corrected chi connectivity index (χ0v) is 9.75. The van der Waals surface area contributed by atoms with Gasteiger partial charge in [-0.25, -0.2) is 8.78 Å². The van der Waals surface area contributed by atoms with Crippen LogP contribution in [0, 0.1) is 23.7 Å². The van der Waals surface area contributed by atoms with Crippen molar-refractivity contribution in [1.82, 2.24) is 5.32 Å². The van der Waals surface area contributed by atoms with Gasteiger partial charge in [0.1, 0.15) is 12.3 Å². The largest absolute Gasteiger partial charge is 0.356 e. The Morgan fingerprint density at radius 3 is 2.62 bits per heavy atom. The van der Waals surface area contributed by atoms with Crippen LogP contribution in [-0.4, -0.2) is 24.8 Å². The van der Waals surface area contributed by atoms with Gasteiger partial charge in [0.15, 0.2) is 0 Å². The van der Waals surface area contributed by atoms with Crippen LogP contribution in [0.15, 0.2) is 0 Å². The normalized spacial score (nSPS) is 44.1. The fourth-order valence-corrected chi connectivity index (χ4v) is 3.20. The van der Waals surface area contributed by atoms with Crippen LogP contribution in [-0.2, 0) is 4.79 Å². The lowest BCUT2D eigenvalue weighted by Crippen LogP contribution is -2.55. The van der Waals surface area contributed by atoms with E-state index in [1.807, 2.05) is 13.8 Å². The van der Waals surface area contributed by atoms with Crippen molar-refractivity contribution in [2.24, 2.45) is 23.7 Å². The molecule has 1 N–H and O–H groups in total. The van der Waals surface area contributed by atoms with E-state index in [0.29, 0.717) is 12.5 Å². The third-order valence-electron chi connectivity index (χ3n) is 4.07. The fraction of sp³-hybridized carbons (Fsp3) is 0.917. The van der Waals surface area contributed by atoms with Crippen molar-refractivity contribution in [2.45, 2.75) is 39.0 Å². The maximum absolute atomic E-state index is 13.9. The van der Waals surface area contributed by atoms with Crippen LogP contribution in [0.5, 0.6) is 0 Å². The average molecular weight is 231 g/mol. The summed E-state index contributed by atoms with van der Waals surface area (Å²) in [5.74, 6) is -0.430. The van der Waals surface area contributed by atoms with E-state index in [1.165, 1.54) is 0 Å². The first-order valence-corrected chi connectivity index (χ1v) is 6.06. The lowest BCUT2D eigenvalue weighted by molar-refractivity contribution is -0.138. The van der Waals surface area contributed by atoms with Gasteiger partial charge in [-0.15, -0.1) is 0 Å². The number of hydrogen-bond acceptors (Lipinski definition) is 1. The highest BCUT2D eigenvalue weighted by atomic mass is 19.1. The minimum atomic E-state index is -1.16. The lowest BCUT2D eigenvalue weighted by atomic mass is 9.65. The van der Waals surface area contributed by atoms with Gasteiger partial charge in [-0.2, -0.15) is 0 Å². The standard InChI is InChI=1S/C12H19F2NO/c1-6(2)9-5-15-12(16)8-3-7(13)4-10(14)11(8)9/h6-11H,3-5H2,1-2H3,(H,15,16). The quantitative estimate of drug-likeness (QED) is 0.735. The first-order valence-electron chi connectivity index (χ1n) is 6.06. The van der Waals surface area contributed by atoms with Gasteiger partial charge >= 0.3 is 0 Å².